The molecule has 0 heterocycles. The fraction of sp³-hybridized carbons (Fsp3) is 0.364. The molecule has 0 amide bonds. The molecule has 4 heteroatoms. The molecule has 0 radical (unpaired) electrons. The summed E-state index contributed by atoms with van der Waals surface area (Å²) in [4.78, 5) is 23.6. The first kappa shape index (κ1) is 18.2. The number of ether oxygens (including phenoxy) is 2. The molecule has 2 aromatic carbocycles. The van der Waals surface area contributed by atoms with Crippen molar-refractivity contribution < 1.29 is 19.1 Å². The van der Waals surface area contributed by atoms with E-state index in [1.807, 2.05) is 60.7 Å². The van der Waals surface area contributed by atoms with Gasteiger partial charge in [0.05, 0.1) is 0 Å². The molecule has 1 fully saturated rings. The predicted molar refractivity (Wildman–Crippen MR) is 98.7 cm³/mol. The Morgan fingerprint density at radius 2 is 1.04 bits per heavy atom. The highest BCUT2D eigenvalue weighted by Gasteiger charge is 2.44. The third-order valence-electron chi connectivity index (χ3n) is 4.97. The highest BCUT2D eigenvalue weighted by atomic mass is 16.6. The Kier molecular flexibility index (Phi) is 5.71. The lowest BCUT2D eigenvalue weighted by molar-refractivity contribution is -0.173. The summed E-state index contributed by atoms with van der Waals surface area (Å²) in [5, 5.41) is 0. The molecule has 0 saturated heterocycles. The first-order valence-electron chi connectivity index (χ1n) is 9.00. The van der Waals surface area contributed by atoms with Crippen molar-refractivity contribution in [3.63, 3.8) is 0 Å². The summed E-state index contributed by atoms with van der Waals surface area (Å²) in [6, 6.07) is 20.0. The number of hydrogen-bond acceptors (Lipinski definition) is 4. The van der Waals surface area contributed by atoms with Crippen molar-refractivity contribution >= 4 is 11.9 Å². The quantitative estimate of drug-likeness (QED) is 0.774. The van der Waals surface area contributed by atoms with Crippen LogP contribution in [0.2, 0.25) is 0 Å². The van der Waals surface area contributed by atoms with Gasteiger partial charge >= 0.3 is 11.9 Å². The summed E-state index contributed by atoms with van der Waals surface area (Å²) in [5.74, 6) is -0.711. The Morgan fingerprint density at radius 1 is 0.692 bits per heavy atom. The van der Waals surface area contributed by atoms with Gasteiger partial charge in [0.2, 0.25) is 0 Å². The predicted octanol–water partition coefficient (Wildman–Crippen LogP) is 4.21. The largest absolute Gasteiger partial charge is 0.458 e. The molecule has 1 aliphatic carbocycles. The van der Waals surface area contributed by atoms with Crippen LogP contribution in [0.5, 0.6) is 0 Å². The third-order valence-corrected chi connectivity index (χ3v) is 4.97. The maximum Gasteiger partial charge on any atom is 0.303 e. The van der Waals surface area contributed by atoms with Crippen LogP contribution in [0, 0.1) is 0 Å². The van der Waals surface area contributed by atoms with E-state index < -0.39 is 12.2 Å². The first-order valence-corrected chi connectivity index (χ1v) is 9.00. The molecule has 1 saturated carbocycles. The van der Waals surface area contributed by atoms with Gasteiger partial charge in [0.25, 0.3) is 0 Å². The molecule has 3 rings (SSSR count). The monoisotopic (exact) mass is 352 g/mol. The van der Waals surface area contributed by atoms with E-state index in [0.29, 0.717) is 0 Å². The molecule has 0 N–H and O–H groups in total. The Hall–Kier alpha value is -2.62. The molecule has 4 nitrogen and oxygen atoms in total. The minimum Gasteiger partial charge on any atom is -0.458 e. The second-order valence-corrected chi connectivity index (χ2v) is 6.76. The van der Waals surface area contributed by atoms with Crippen LogP contribution in [0.25, 0.3) is 0 Å². The van der Waals surface area contributed by atoms with Crippen LogP contribution in [0.15, 0.2) is 60.7 Å². The van der Waals surface area contributed by atoms with Crippen LogP contribution in [-0.4, -0.2) is 24.1 Å². The van der Waals surface area contributed by atoms with Crippen molar-refractivity contribution in [2.45, 2.75) is 50.7 Å². The smallest absolute Gasteiger partial charge is 0.303 e. The number of esters is 2. The lowest BCUT2D eigenvalue weighted by Gasteiger charge is -2.42. The zero-order valence-corrected chi connectivity index (χ0v) is 15.1. The van der Waals surface area contributed by atoms with E-state index in [0.717, 1.165) is 24.0 Å². The van der Waals surface area contributed by atoms with E-state index >= 15 is 0 Å². The van der Waals surface area contributed by atoms with Gasteiger partial charge in [-0.2, -0.15) is 0 Å². The van der Waals surface area contributed by atoms with Gasteiger partial charge in [0.1, 0.15) is 12.2 Å². The normalized spacial score (nSPS) is 25.3. The van der Waals surface area contributed by atoms with E-state index in [9.17, 15) is 9.59 Å². The second-order valence-electron chi connectivity index (χ2n) is 6.76. The van der Waals surface area contributed by atoms with E-state index in [2.05, 4.69) is 0 Å². The van der Waals surface area contributed by atoms with Crippen molar-refractivity contribution in [1.29, 1.82) is 0 Å². The van der Waals surface area contributed by atoms with Crippen molar-refractivity contribution in [2.75, 3.05) is 0 Å². The Balaban J connectivity index is 1.99. The molecule has 26 heavy (non-hydrogen) atoms. The summed E-state index contributed by atoms with van der Waals surface area (Å²) in [7, 11) is 0. The summed E-state index contributed by atoms with van der Waals surface area (Å²) in [6.45, 7) is 2.80. The maximum atomic E-state index is 11.8. The Labute approximate surface area is 154 Å². The van der Waals surface area contributed by atoms with Crippen LogP contribution in [0.1, 0.15) is 49.7 Å². The molecular formula is C22H24O4. The van der Waals surface area contributed by atoms with Crippen molar-refractivity contribution in [3.8, 4) is 0 Å². The summed E-state index contributed by atoms with van der Waals surface area (Å²) in [5.41, 5.74) is 2.20. The molecule has 0 unspecified atom stereocenters. The third kappa shape index (κ3) is 4.13. The van der Waals surface area contributed by atoms with Crippen molar-refractivity contribution in [1.82, 2.24) is 0 Å². The van der Waals surface area contributed by atoms with Gasteiger partial charge in [-0.3, -0.25) is 9.59 Å². The molecule has 2 aromatic rings. The number of benzene rings is 2. The van der Waals surface area contributed by atoms with E-state index in [-0.39, 0.29) is 23.8 Å². The topological polar surface area (TPSA) is 52.6 Å². The van der Waals surface area contributed by atoms with Crippen LogP contribution in [0.4, 0.5) is 0 Å². The lowest BCUT2D eigenvalue weighted by Crippen LogP contribution is -2.46. The summed E-state index contributed by atoms with van der Waals surface area (Å²) >= 11 is 0. The second kappa shape index (κ2) is 8.17. The fourth-order valence-electron chi connectivity index (χ4n) is 3.94. The van der Waals surface area contributed by atoms with Gasteiger partial charge in [-0.25, -0.2) is 0 Å². The molecule has 1 aliphatic rings. The molecule has 0 spiro atoms. The first-order chi connectivity index (χ1) is 12.6. The number of carbonyl (C=O) groups is 2. The fourth-order valence-corrected chi connectivity index (χ4v) is 3.94. The van der Waals surface area contributed by atoms with Gasteiger partial charge in [-0.15, -0.1) is 0 Å². The lowest BCUT2D eigenvalue weighted by atomic mass is 9.72. The average Bonchev–Trinajstić information content (AvgIpc) is 2.63. The zero-order chi connectivity index (χ0) is 18.5. The maximum absolute atomic E-state index is 11.8. The van der Waals surface area contributed by atoms with Crippen molar-refractivity contribution in [3.05, 3.63) is 71.8 Å². The Bertz CT molecular complexity index is 676. The van der Waals surface area contributed by atoms with Gasteiger partial charge in [0, 0.05) is 25.7 Å². The average molecular weight is 352 g/mol. The molecular weight excluding hydrogens is 328 g/mol. The highest BCUT2D eigenvalue weighted by molar-refractivity contribution is 5.67. The standard InChI is InChI=1S/C22H24O4/c1-15(23)25-21-19(17-9-5-3-6-10-17)13-14-20(22(21)26-16(2)24)18-11-7-4-8-12-18/h3-12,19-22H,13-14H2,1-2H3/t19-,20+,21+,22-. The SMILES string of the molecule is CC(=O)O[C@@H]1[C@H](OC(C)=O)[C@H](c2ccccc2)CC[C@@H]1c1ccccc1. The van der Waals surface area contributed by atoms with Crippen LogP contribution in [0.3, 0.4) is 0 Å². The summed E-state index contributed by atoms with van der Waals surface area (Å²) < 4.78 is 11.4. The molecule has 0 aromatic heterocycles. The van der Waals surface area contributed by atoms with E-state index in [1.165, 1.54) is 13.8 Å². The molecule has 136 valence electrons. The minimum atomic E-state index is -0.502. The number of carbonyl (C=O) groups excluding carboxylic acids is 2. The van der Waals surface area contributed by atoms with Gasteiger partial charge < -0.3 is 9.47 Å². The van der Waals surface area contributed by atoms with E-state index in [4.69, 9.17) is 9.47 Å². The zero-order valence-electron chi connectivity index (χ0n) is 15.1. The van der Waals surface area contributed by atoms with Gasteiger partial charge in [-0.1, -0.05) is 60.7 Å². The van der Waals surface area contributed by atoms with Crippen LogP contribution in [-0.2, 0) is 19.1 Å². The van der Waals surface area contributed by atoms with E-state index in [1.54, 1.807) is 0 Å². The Morgan fingerprint density at radius 3 is 1.35 bits per heavy atom. The summed E-state index contributed by atoms with van der Waals surface area (Å²) in [6.07, 6.45) is 0.717. The number of hydrogen-bond donors (Lipinski definition) is 0. The van der Waals surface area contributed by atoms with Crippen LogP contribution < -0.4 is 0 Å². The van der Waals surface area contributed by atoms with Gasteiger partial charge in [0.15, 0.2) is 0 Å². The van der Waals surface area contributed by atoms with Crippen LogP contribution >= 0.6 is 0 Å². The van der Waals surface area contributed by atoms with Gasteiger partial charge in [-0.05, 0) is 24.0 Å². The molecule has 4 atom stereocenters. The molecule has 0 aliphatic heterocycles. The highest BCUT2D eigenvalue weighted by Crippen LogP contribution is 2.43. The van der Waals surface area contributed by atoms with Crippen molar-refractivity contribution in [2.24, 2.45) is 0 Å². The number of rotatable bonds is 4. The minimum absolute atomic E-state index is 0.00409. The molecule has 0 bridgehead atoms.